The number of fused-ring (bicyclic) bond motifs is 1. The first-order chi connectivity index (χ1) is 14.3. The van der Waals surface area contributed by atoms with Crippen LogP contribution in [0.5, 0.6) is 0 Å². The maximum Gasteiger partial charge on any atom is 0.338 e. The Bertz CT molecular complexity index is 919. The minimum atomic E-state index is -1.09. The highest BCUT2D eigenvalue weighted by Crippen LogP contribution is 2.44. The highest BCUT2D eigenvalue weighted by atomic mass is 19.2. The zero-order valence-electron chi connectivity index (χ0n) is 16.7. The number of halogens is 2. The maximum atomic E-state index is 14.0. The quantitative estimate of drug-likeness (QED) is 0.687. The molecule has 2 fully saturated rings. The topological polar surface area (TPSA) is 63.2 Å². The molecule has 160 valence electrons. The van der Waals surface area contributed by atoms with E-state index in [9.17, 15) is 13.6 Å². The molecule has 6 nitrogen and oxygen atoms in total. The Labute approximate surface area is 172 Å². The summed E-state index contributed by atoms with van der Waals surface area (Å²) in [5.74, 6) is -3.61. The van der Waals surface area contributed by atoms with Crippen molar-refractivity contribution in [3.05, 3.63) is 71.3 Å². The van der Waals surface area contributed by atoms with E-state index >= 15 is 0 Å². The van der Waals surface area contributed by atoms with E-state index in [2.05, 4.69) is 0 Å². The lowest BCUT2D eigenvalue weighted by atomic mass is 9.98. The van der Waals surface area contributed by atoms with Crippen LogP contribution < -0.4 is 0 Å². The van der Waals surface area contributed by atoms with Gasteiger partial charge in [0.1, 0.15) is 18.3 Å². The molecule has 2 aromatic carbocycles. The molecule has 2 aliphatic heterocycles. The lowest BCUT2D eigenvalue weighted by Crippen LogP contribution is -2.36. The summed E-state index contributed by atoms with van der Waals surface area (Å²) >= 11 is 0. The molecule has 2 saturated heterocycles. The van der Waals surface area contributed by atoms with E-state index < -0.39 is 54.1 Å². The third-order valence-corrected chi connectivity index (χ3v) is 5.09. The van der Waals surface area contributed by atoms with Gasteiger partial charge in [0.05, 0.1) is 5.56 Å². The maximum absolute atomic E-state index is 14.0. The Morgan fingerprint density at radius 3 is 2.40 bits per heavy atom. The number of methoxy groups -OCH3 is 1. The Balaban J connectivity index is 1.69. The number of hydrogen-bond donors (Lipinski definition) is 0. The fourth-order valence-corrected chi connectivity index (χ4v) is 3.80. The largest absolute Gasteiger partial charge is 0.451 e. The minimum absolute atomic E-state index is 0.229. The molecule has 0 aliphatic carbocycles. The molecule has 0 amide bonds. The van der Waals surface area contributed by atoms with Crippen molar-refractivity contribution in [3.8, 4) is 0 Å². The summed E-state index contributed by atoms with van der Waals surface area (Å²) in [5, 5.41) is 0. The third-order valence-electron chi connectivity index (χ3n) is 5.09. The van der Waals surface area contributed by atoms with Gasteiger partial charge in [-0.15, -0.1) is 0 Å². The second-order valence-corrected chi connectivity index (χ2v) is 7.64. The van der Waals surface area contributed by atoms with Gasteiger partial charge in [-0.25, -0.2) is 13.6 Å². The molecule has 0 aromatic heterocycles. The first-order valence-electron chi connectivity index (χ1n) is 9.54. The predicted octanol–water partition coefficient (Wildman–Crippen LogP) is 3.75. The standard InChI is InChI=1S/C22H22F2O6/c1-22(2)29-18-17(28-21(26-3)19(18)30-22)16(13-9-10-14(23)15(24)11-13)27-20(25)12-7-5-4-6-8-12/h4-11,16-19,21H,1-3H3/t16-,17-,18-,19?,21-/m1/s1. The van der Waals surface area contributed by atoms with Crippen LogP contribution in [0.15, 0.2) is 48.5 Å². The molecular formula is C22H22F2O6. The summed E-state index contributed by atoms with van der Waals surface area (Å²) in [7, 11) is 1.46. The van der Waals surface area contributed by atoms with E-state index in [1.54, 1.807) is 44.2 Å². The van der Waals surface area contributed by atoms with Gasteiger partial charge >= 0.3 is 5.97 Å². The average Bonchev–Trinajstić information content (AvgIpc) is 3.21. The molecule has 8 heteroatoms. The minimum Gasteiger partial charge on any atom is -0.451 e. The van der Waals surface area contributed by atoms with Crippen LogP contribution in [0.3, 0.4) is 0 Å². The van der Waals surface area contributed by atoms with E-state index in [4.69, 9.17) is 23.7 Å². The number of carbonyl (C=O) groups is 1. The van der Waals surface area contributed by atoms with Gasteiger partial charge in [0.2, 0.25) is 0 Å². The Kier molecular flexibility index (Phi) is 5.59. The molecule has 5 atom stereocenters. The van der Waals surface area contributed by atoms with Crippen LogP contribution in [-0.2, 0) is 23.7 Å². The van der Waals surface area contributed by atoms with Gasteiger partial charge in [-0.2, -0.15) is 0 Å². The van der Waals surface area contributed by atoms with E-state index in [0.717, 1.165) is 12.1 Å². The molecule has 0 N–H and O–H groups in total. The van der Waals surface area contributed by atoms with Crippen LogP contribution in [0.1, 0.15) is 35.9 Å². The summed E-state index contributed by atoms with van der Waals surface area (Å²) in [4.78, 5) is 12.8. The van der Waals surface area contributed by atoms with Crippen LogP contribution in [0.2, 0.25) is 0 Å². The molecular weight excluding hydrogens is 398 g/mol. The third kappa shape index (κ3) is 3.96. The average molecular weight is 420 g/mol. The van der Waals surface area contributed by atoms with Crippen LogP contribution in [-0.4, -0.2) is 43.5 Å². The zero-order chi connectivity index (χ0) is 21.5. The normalized spacial score (nSPS) is 28.2. The van der Waals surface area contributed by atoms with E-state index in [1.165, 1.54) is 13.2 Å². The highest BCUT2D eigenvalue weighted by Gasteiger charge is 2.58. The summed E-state index contributed by atoms with van der Waals surface area (Å²) < 4.78 is 56.4. The summed E-state index contributed by atoms with van der Waals surface area (Å²) in [6.07, 6.45) is -3.94. The van der Waals surface area contributed by atoms with Crippen molar-refractivity contribution in [1.29, 1.82) is 0 Å². The molecule has 0 radical (unpaired) electrons. The smallest absolute Gasteiger partial charge is 0.338 e. The van der Waals surface area contributed by atoms with E-state index in [-0.39, 0.29) is 5.56 Å². The molecule has 0 spiro atoms. The van der Waals surface area contributed by atoms with Crippen molar-refractivity contribution in [2.75, 3.05) is 7.11 Å². The Morgan fingerprint density at radius 1 is 1.03 bits per heavy atom. The highest BCUT2D eigenvalue weighted by molar-refractivity contribution is 5.89. The lowest BCUT2D eigenvalue weighted by Gasteiger charge is -2.29. The van der Waals surface area contributed by atoms with Crippen molar-refractivity contribution in [1.82, 2.24) is 0 Å². The number of rotatable bonds is 5. The van der Waals surface area contributed by atoms with Crippen molar-refractivity contribution in [2.24, 2.45) is 0 Å². The molecule has 4 rings (SSSR count). The fraction of sp³-hybridized carbons (Fsp3) is 0.409. The summed E-state index contributed by atoms with van der Waals surface area (Å²) in [6, 6.07) is 11.7. The number of esters is 1. The Morgan fingerprint density at radius 2 is 1.73 bits per heavy atom. The number of carbonyl (C=O) groups excluding carboxylic acids is 1. The second kappa shape index (κ2) is 8.03. The Hall–Kier alpha value is -2.39. The summed E-state index contributed by atoms with van der Waals surface area (Å²) in [6.45, 7) is 3.50. The lowest BCUT2D eigenvalue weighted by molar-refractivity contribution is -0.237. The zero-order valence-corrected chi connectivity index (χ0v) is 16.7. The van der Waals surface area contributed by atoms with E-state index in [0.29, 0.717) is 5.56 Å². The van der Waals surface area contributed by atoms with Crippen molar-refractivity contribution in [2.45, 2.75) is 50.3 Å². The van der Waals surface area contributed by atoms with Gasteiger partial charge in [-0.3, -0.25) is 0 Å². The SMILES string of the molecule is CO[C@@H]1O[C@H]([C@H](OC(=O)c2ccccc2)c2ccc(F)c(F)c2)[C@H]2OC(C)(C)OC12. The van der Waals surface area contributed by atoms with Gasteiger partial charge in [0.25, 0.3) is 0 Å². The van der Waals surface area contributed by atoms with Gasteiger partial charge in [0.15, 0.2) is 29.8 Å². The van der Waals surface area contributed by atoms with Gasteiger partial charge in [-0.1, -0.05) is 24.3 Å². The van der Waals surface area contributed by atoms with Gasteiger partial charge < -0.3 is 23.7 Å². The van der Waals surface area contributed by atoms with Crippen molar-refractivity contribution >= 4 is 5.97 Å². The van der Waals surface area contributed by atoms with Crippen molar-refractivity contribution in [3.63, 3.8) is 0 Å². The molecule has 0 saturated carbocycles. The molecule has 30 heavy (non-hydrogen) atoms. The van der Waals surface area contributed by atoms with Crippen LogP contribution in [0.4, 0.5) is 8.78 Å². The number of ether oxygens (including phenoxy) is 5. The molecule has 2 heterocycles. The van der Waals surface area contributed by atoms with Crippen LogP contribution >= 0.6 is 0 Å². The van der Waals surface area contributed by atoms with Crippen LogP contribution in [0.25, 0.3) is 0 Å². The van der Waals surface area contributed by atoms with Gasteiger partial charge in [0, 0.05) is 7.11 Å². The van der Waals surface area contributed by atoms with Crippen molar-refractivity contribution < 1.29 is 37.3 Å². The summed E-state index contributed by atoms with van der Waals surface area (Å²) in [5.41, 5.74) is 0.541. The number of hydrogen-bond acceptors (Lipinski definition) is 6. The van der Waals surface area contributed by atoms with Crippen LogP contribution in [0, 0.1) is 11.6 Å². The fourth-order valence-electron chi connectivity index (χ4n) is 3.80. The number of benzene rings is 2. The predicted molar refractivity (Wildman–Crippen MR) is 100 cm³/mol. The molecule has 2 aliphatic rings. The first-order valence-corrected chi connectivity index (χ1v) is 9.54. The first kappa shape index (κ1) is 20.9. The second-order valence-electron chi connectivity index (χ2n) is 7.64. The monoisotopic (exact) mass is 420 g/mol. The van der Waals surface area contributed by atoms with Gasteiger partial charge in [-0.05, 0) is 43.7 Å². The molecule has 0 bridgehead atoms. The molecule has 2 aromatic rings. The molecule has 1 unspecified atom stereocenters. The van der Waals surface area contributed by atoms with E-state index in [1.807, 2.05) is 0 Å².